The molecule has 0 amide bonds. The zero-order valence-corrected chi connectivity index (χ0v) is 12.0. The van der Waals surface area contributed by atoms with Crippen LogP contribution in [0.25, 0.3) is 0 Å². The van der Waals surface area contributed by atoms with Gasteiger partial charge in [-0.3, -0.25) is 4.79 Å². The summed E-state index contributed by atoms with van der Waals surface area (Å²) in [5, 5.41) is 0.530. The maximum Gasteiger partial charge on any atom is 0.212 e. The van der Waals surface area contributed by atoms with Crippen LogP contribution in [-0.4, -0.2) is 18.2 Å². The fourth-order valence-corrected chi connectivity index (χ4v) is 4.90. The molecule has 2 aromatic rings. The Labute approximate surface area is 122 Å². The van der Waals surface area contributed by atoms with Gasteiger partial charge in [0.2, 0.25) is 5.12 Å². The second-order valence-corrected chi connectivity index (χ2v) is 6.55. The number of carbonyl (C=O) groups excluding carboxylic acids is 1. The summed E-state index contributed by atoms with van der Waals surface area (Å²) in [7, 11) is 2.04. The summed E-state index contributed by atoms with van der Waals surface area (Å²) < 4.78 is 0. The highest BCUT2D eigenvalue weighted by Gasteiger charge is 2.51. The van der Waals surface area contributed by atoms with E-state index in [0.29, 0.717) is 5.12 Å². The van der Waals surface area contributed by atoms with E-state index in [4.69, 9.17) is 0 Å². The molecule has 2 nitrogen and oxygen atoms in total. The third-order valence-corrected chi connectivity index (χ3v) is 5.67. The first kappa shape index (κ1) is 12.0. The van der Waals surface area contributed by atoms with Crippen molar-refractivity contribution in [2.24, 2.45) is 0 Å². The van der Waals surface area contributed by atoms with Crippen molar-refractivity contribution in [2.45, 2.75) is 17.2 Å². The molecule has 4 rings (SSSR count). The molecule has 2 aromatic carbocycles. The normalized spacial score (nSPS) is 27.6. The first-order valence-corrected chi connectivity index (χ1v) is 7.72. The molecular formula is C17H15NOS. The molecule has 0 aliphatic carbocycles. The molecule has 3 atom stereocenters. The fraction of sp³-hybridized carbons (Fsp3) is 0.235. The Kier molecular flexibility index (Phi) is 2.64. The zero-order chi connectivity index (χ0) is 13.7. The number of rotatable bonds is 1. The third-order valence-electron chi connectivity index (χ3n) is 4.37. The van der Waals surface area contributed by atoms with Crippen LogP contribution in [0, 0.1) is 0 Å². The minimum absolute atomic E-state index is 0.0115. The summed E-state index contributed by atoms with van der Waals surface area (Å²) >= 11 is 1.50. The Morgan fingerprint density at radius 2 is 1.70 bits per heavy atom. The van der Waals surface area contributed by atoms with E-state index >= 15 is 0 Å². The second kappa shape index (κ2) is 4.38. The first-order valence-electron chi connectivity index (χ1n) is 6.84. The molecule has 100 valence electrons. The van der Waals surface area contributed by atoms with Crippen LogP contribution in [0.1, 0.15) is 22.3 Å². The predicted molar refractivity (Wildman–Crippen MR) is 83.2 cm³/mol. The molecule has 3 unspecified atom stereocenters. The van der Waals surface area contributed by atoms with Crippen LogP contribution in [0.15, 0.2) is 54.6 Å². The number of fused-ring (bicyclic) bond motifs is 3. The maximum atomic E-state index is 12.4. The van der Waals surface area contributed by atoms with Gasteiger partial charge in [0.1, 0.15) is 6.04 Å². The Morgan fingerprint density at radius 3 is 2.50 bits per heavy atom. The zero-order valence-electron chi connectivity index (χ0n) is 11.2. The standard InChI is InChI=1S/C17H15NOS/c1-18-13-10-6-5-9-12(13)14-15(18)17(19)20-16(14)11-7-3-2-4-8-11/h2-10,14-16H,1H3. The van der Waals surface area contributed by atoms with Crippen molar-refractivity contribution in [2.75, 3.05) is 11.9 Å². The van der Waals surface area contributed by atoms with Gasteiger partial charge in [0, 0.05) is 23.9 Å². The monoisotopic (exact) mass is 281 g/mol. The lowest BCUT2D eigenvalue weighted by Gasteiger charge is -2.20. The summed E-state index contributed by atoms with van der Waals surface area (Å²) in [6, 6.07) is 18.8. The van der Waals surface area contributed by atoms with Gasteiger partial charge in [0.15, 0.2) is 0 Å². The number of anilines is 1. The van der Waals surface area contributed by atoms with Gasteiger partial charge in [-0.2, -0.15) is 0 Å². The predicted octanol–water partition coefficient (Wildman–Crippen LogP) is 3.60. The molecule has 0 saturated carbocycles. The average Bonchev–Trinajstić information content (AvgIpc) is 2.98. The molecule has 20 heavy (non-hydrogen) atoms. The van der Waals surface area contributed by atoms with Crippen LogP contribution < -0.4 is 4.90 Å². The van der Waals surface area contributed by atoms with Gasteiger partial charge in [0.05, 0.1) is 0 Å². The van der Waals surface area contributed by atoms with Crippen LogP contribution >= 0.6 is 11.8 Å². The molecule has 2 aliphatic rings. The largest absolute Gasteiger partial charge is 0.363 e. The molecule has 0 bridgehead atoms. The molecule has 2 aliphatic heterocycles. The van der Waals surface area contributed by atoms with E-state index in [1.165, 1.54) is 28.6 Å². The fourth-order valence-electron chi connectivity index (χ4n) is 3.47. The van der Waals surface area contributed by atoms with Crippen molar-refractivity contribution in [3.8, 4) is 0 Å². The number of thioether (sulfide) groups is 1. The summed E-state index contributed by atoms with van der Waals surface area (Å²) in [4.78, 5) is 14.6. The van der Waals surface area contributed by atoms with Crippen molar-refractivity contribution in [1.29, 1.82) is 0 Å². The molecule has 3 heteroatoms. The molecule has 2 heterocycles. The van der Waals surface area contributed by atoms with Crippen LogP contribution in [0.5, 0.6) is 0 Å². The van der Waals surface area contributed by atoms with E-state index in [9.17, 15) is 4.79 Å². The summed E-state index contributed by atoms with van der Waals surface area (Å²) in [6.45, 7) is 0. The highest BCUT2D eigenvalue weighted by Crippen LogP contribution is 2.58. The Balaban J connectivity index is 1.84. The summed E-state index contributed by atoms with van der Waals surface area (Å²) in [5.41, 5.74) is 3.77. The van der Waals surface area contributed by atoms with Crippen molar-refractivity contribution in [3.05, 3.63) is 65.7 Å². The number of nitrogens with zero attached hydrogens (tertiary/aromatic N) is 1. The number of likely N-dealkylation sites (N-methyl/N-ethyl adjacent to an activating group) is 1. The Morgan fingerprint density at radius 1 is 1.00 bits per heavy atom. The third kappa shape index (κ3) is 1.56. The lowest BCUT2D eigenvalue weighted by molar-refractivity contribution is -0.111. The number of carbonyl (C=O) groups is 1. The van der Waals surface area contributed by atoms with Crippen LogP contribution in [0.4, 0.5) is 5.69 Å². The van der Waals surface area contributed by atoms with E-state index in [2.05, 4.69) is 47.4 Å². The van der Waals surface area contributed by atoms with Gasteiger partial charge < -0.3 is 4.90 Å². The van der Waals surface area contributed by atoms with E-state index in [1.807, 2.05) is 19.2 Å². The molecule has 0 radical (unpaired) electrons. The van der Waals surface area contributed by atoms with Gasteiger partial charge in [-0.05, 0) is 17.2 Å². The van der Waals surface area contributed by atoms with Crippen molar-refractivity contribution >= 4 is 22.6 Å². The molecule has 0 aromatic heterocycles. The van der Waals surface area contributed by atoms with Crippen LogP contribution in [0.3, 0.4) is 0 Å². The SMILES string of the molecule is CN1c2ccccc2C2C(c3ccccc3)SC(=O)C21. The molecule has 0 N–H and O–H groups in total. The van der Waals surface area contributed by atoms with Crippen molar-refractivity contribution in [1.82, 2.24) is 0 Å². The minimum atomic E-state index is -0.0115. The topological polar surface area (TPSA) is 20.3 Å². The van der Waals surface area contributed by atoms with Gasteiger partial charge in [-0.15, -0.1) is 0 Å². The molecule has 1 saturated heterocycles. The minimum Gasteiger partial charge on any atom is -0.363 e. The first-order chi connectivity index (χ1) is 9.77. The van der Waals surface area contributed by atoms with E-state index in [-0.39, 0.29) is 17.2 Å². The Bertz CT molecular complexity index is 670. The van der Waals surface area contributed by atoms with Gasteiger partial charge in [-0.1, -0.05) is 60.3 Å². The highest BCUT2D eigenvalue weighted by atomic mass is 32.2. The van der Waals surface area contributed by atoms with Crippen LogP contribution in [-0.2, 0) is 4.79 Å². The smallest absolute Gasteiger partial charge is 0.212 e. The van der Waals surface area contributed by atoms with Gasteiger partial charge in [-0.25, -0.2) is 0 Å². The maximum absolute atomic E-state index is 12.4. The van der Waals surface area contributed by atoms with Crippen molar-refractivity contribution < 1.29 is 4.79 Å². The highest BCUT2D eigenvalue weighted by molar-refractivity contribution is 8.14. The lowest BCUT2D eigenvalue weighted by Crippen LogP contribution is -2.33. The van der Waals surface area contributed by atoms with E-state index < -0.39 is 0 Å². The molecule has 0 spiro atoms. The number of hydrogen-bond acceptors (Lipinski definition) is 3. The van der Waals surface area contributed by atoms with E-state index in [0.717, 1.165) is 0 Å². The van der Waals surface area contributed by atoms with Crippen molar-refractivity contribution in [3.63, 3.8) is 0 Å². The number of para-hydroxylation sites is 1. The summed E-state index contributed by atoms with van der Waals surface area (Å²) in [6.07, 6.45) is 0. The molecular weight excluding hydrogens is 266 g/mol. The second-order valence-electron chi connectivity index (χ2n) is 5.41. The average molecular weight is 281 g/mol. The summed E-state index contributed by atoms with van der Waals surface area (Å²) in [5.74, 6) is 0.274. The lowest BCUT2D eigenvalue weighted by atomic mass is 9.89. The molecule has 1 fully saturated rings. The Hall–Kier alpha value is -1.74. The van der Waals surface area contributed by atoms with Crippen LogP contribution in [0.2, 0.25) is 0 Å². The van der Waals surface area contributed by atoms with Gasteiger partial charge in [0.25, 0.3) is 0 Å². The quantitative estimate of drug-likeness (QED) is 0.796. The van der Waals surface area contributed by atoms with E-state index in [1.54, 1.807) is 0 Å². The number of hydrogen-bond donors (Lipinski definition) is 0. The van der Waals surface area contributed by atoms with Gasteiger partial charge >= 0.3 is 0 Å². The number of benzene rings is 2.